The summed E-state index contributed by atoms with van der Waals surface area (Å²) in [5.74, 6) is 0. The molecule has 102 valence electrons. The Morgan fingerprint density at radius 2 is 1.94 bits per heavy atom. The number of nitrogens with one attached hydrogen (secondary N) is 1. The molecule has 0 amide bonds. The second-order valence-corrected chi connectivity index (χ2v) is 4.39. The molecule has 0 fully saturated rings. The van der Waals surface area contributed by atoms with Gasteiger partial charge in [-0.25, -0.2) is 9.97 Å². The van der Waals surface area contributed by atoms with Crippen LogP contribution < -0.4 is 10.1 Å². The van der Waals surface area contributed by atoms with E-state index in [1.165, 1.54) is 0 Å². The van der Waals surface area contributed by atoms with Gasteiger partial charge in [0.15, 0.2) is 0 Å². The van der Waals surface area contributed by atoms with Crippen LogP contribution in [0.2, 0.25) is 0 Å². The first-order valence-electron chi connectivity index (χ1n) is 6.38. The van der Waals surface area contributed by atoms with Crippen LogP contribution in [0.25, 0.3) is 0 Å². The monoisotopic (exact) mass is 253 g/mol. The van der Waals surface area contributed by atoms with Gasteiger partial charge in [-0.15, -0.1) is 0 Å². The van der Waals surface area contributed by atoms with E-state index in [9.17, 15) is 0 Å². The molecule has 0 aliphatic carbocycles. The van der Waals surface area contributed by atoms with Gasteiger partial charge in [0.2, 0.25) is 0 Å². The van der Waals surface area contributed by atoms with E-state index in [-0.39, 0.29) is 12.1 Å². The first-order chi connectivity index (χ1) is 8.67. The minimum Gasteiger partial charge on any atom is -0.467 e. The maximum Gasteiger partial charge on any atom is 0.316 e. The third kappa shape index (κ3) is 4.98. The normalized spacial score (nSPS) is 12.7. The third-order valence-corrected chi connectivity index (χ3v) is 2.47. The molecule has 18 heavy (non-hydrogen) atoms. The summed E-state index contributed by atoms with van der Waals surface area (Å²) in [6.45, 7) is 7.76. The Balaban J connectivity index is 2.66. The van der Waals surface area contributed by atoms with Crippen LogP contribution >= 0.6 is 0 Å². The van der Waals surface area contributed by atoms with E-state index >= 15 is 0 Å². The molecular formula is C13H23N3O2. The Morgan fingerprint density at radius 1 is 1.28 bits per heavy atom. The number of aromatic nitrogens is 2. The molecule has 1 atom stereocenters. The molecular weight excluding hydrogens is 230 g/mol. The fraction of sp³-hybridized carbons (Fsp3) is 0.692. The van der Waals surface area contributed by atoms with Crippen molar-refractivity contribution in [2.24, 2.45) is 0 Å². The van der Waals surface area contributed by atoms with Crippen molar-refractivity contribution in [3.8, 4) is 6.01 Å². The summed E-state index contributed by atoms with van der Waals surface area (Å²) in [6, 6.07) is 0.510. The zero-order chi connectivity index (χ0) is 13.4. The zero-order valence-corrected chi connectivity index (χ0v) is 11.6. The predicted octanol–water partition coefficient (Wildman–Crippen LogP) is 1.95. The van der Waals surface area contributed by atoms with Crippen molar-refractivity contribution in [3.63, 3.8) is 0 Å². The Kier molecular flexibility index (Phi) is 6.60. The summed E-state index contributed by atoms with van der Waals surface area (Å²) in [4.78, 5) is 8.25. The van der Waals surface area contributed by atoms with Gasteiger partial charge in [-0.05, 0) is 26.8 Å². The first-order valence-corrected chi connectivity index (χ1v) is 6.38. The zero-order valence-electron chi connectivity index (χ0n) is 11.6. The minimum absolute atomic E-state index is 0.123. The molecule has 1 heterocycles. The molecule has 1 rings (SSSR count). The number of rotatable bonds is 8. The molecule has 0 saturated heterocycles. The van der Waals surface area contributed by atoms with Crippen molar-refractivity contribution in [1.82, 2.24) is 15.3 Å². The SMILES string of the molecule is CCCNC(COC(C)C)c1cnc(OC)nc1. The third-order valence-electron chi connectivity index (χ3n) is 2.47. The van der Waals surface area contributed by atoms with Gasteiger partial charge in [0.1, 0.15) is 0 Å². The average molecular weight is 253 g/mol. The number of hydrogen-bond donors (Lipinski definition) is 1. The van der Waals surface area contributed by atoms with Crippen molar-refractivity contribution in [3.05, 3.63) is 18.0 Å². The van der Waals surface area contributed by atoms with Gasteiger partial charge in [-0.2, -0.15) is 0 Å². The second kappa shape index (κ2) is 8.00. The van der Waals surface area contributed by atoms with Crippen molar-refractivity contribution >= 4 is 0 Å². The predicted molar refractivity (Wildman–Crippen MR) is 70.7 cm³/mol. The molecule has 0 spiro atoms. The summed E-state index contributed by atoms with van der Waals surface area (Å²) in [7, 11) is 1.56. The summed E-state index contributed by atoms with van der Waals surface area (Å²) in [5, 5.41) is 3.43. The lowest BCUT2D eigenvalue weighted by Gasteiger charge is -2.20. The van der Waals surface area contributed by atoms with E-state index in [4.69, 9.17) is 9.47 Å². The fourth-order valence-corrected chi connectivity index (χ4v) is 1.49. The molecule has 0 aliphatic heterocycles. The molecule has 0 bridgehead atoms. The van der Waals surface area contributed by atoms with Crippen LogP contribution in [-0.2, 0) is 4.74 Å². The van der Waals surface area contributed by atoms with Gasteiger partial charge in [-0.1, -0.05) is 6.92 Å². The van der Waals surface area contributed by atoms with Crippen molar-refractivity contribution in [2.75, 3.05) is 20.3 Å². The molecule has 5 heteroatoms. The highest BCUT2D eigenvalue weighted by atomic mass is 16.5. The van der Waals surface area contributed by atoms with Crippen molar-refractivity contribution in [2.45, 2.75) is 39.3 Å². The first kappa shape index (κ1) is 14.9. The topological polar surface area (TPSA) is 56.3 Å². The fourth-order valence-electron chi connectivity index (χ4n) is 1.49. The van der Waals surface area contributed by atoms with Crippen LogP contribution in [0.5, 0.6) is 6.01 Å². The highest BCUT2D eigenvalue weighted by molar-refractivity contribution is 5.12. The average Bonchev–Trinajstić information content (AvgIpc) is 2.39. The Hall–Kier alpha value is -1.20. The second-order valence-electron chi connectivity index (χ2n) is 4.39. The van der Waals surface area contributed by atoms with Crippen LogP contribution in [0.1, 0.15) is 38.8 Å². The van der Waals surface area contributed by atoms with Gasteiger partial charge in [0.05, 0.1) is 25.9 Å². The van der Waals surface area contributed by atoms with Gasteiger partial charge >= 0.3 is 6.01 Å². The molecule has 1 aromatic heterocycles. The lowest BCUT2D eigenvalue weighted by Crippen LogP contribution is -2.27. The number of hydrogen-bond acceptors (Lipinski definition) is 5. The van der Waals surface area contributed by atoms with Crippen LogP contribution in [0.3, 0.4) is 0 Å². The molecule has 1 unspecified atom stereocenters. The molecule has 0 aromatic carbocycles. The lowest BCUT2D eigenvalue weighted by molar-refractivity contribution is 0.0609. The molecule has 0 aliphatic rings. The molecule has 5 nitrogen and oxygen atoms in total. The van der Waals surface area contributed by atoms with Crippen LogP contribution in [0, 0.1) is 0 Å². The largest absolute Gasteiger partial charge is 0.467 e. The van der Waals surface area contributed by atoms with E-state index < -0.39 is 0 Å². The standard InChI is InChI=1S/C13H23N3O2/c1-5-6-14-12(9-18-10(2)3)11-7-15-13(17-4)16-8-11/h7-8,10,12,14H,5-6,9H2,1-4H3. The van der Waals surface area contributed by atoms with E-state index in [0.29, 0.717) is 12.6 Å². The molecule has 1 aromatic rings. The molecule has 0 saturated carbocycles. The van der Waals surface area contributed by atoms with E-state index in [0.717, 1.165) is 18.5 Å². The quantitative estimate of drug-likeness (QED) is 0.767. The molecule has 1 N–H and O–H groups in total. The Morgan fingerprint density at radius 3 is 2.44 bits per heavy atom. The summed E-state index contributed by atoms with van der Waals surface area (Å²) >= 11 is 0. The number of methoxy groups -OCH3 is 1. The van der Waals surface area contributed by atoms with Crippen molar-refractivity contribution in [1.29, 1.82) is 0 Å². The van der Waals surface area contributed by atoms with Gasteiger partial charge in [0.25, 0.3) is 0 Å². The highest BCUT2D eigenvalue weighted by Gasteiger charge is 2.13. The lowest BCUT2D eigenvalue weighted by atomic mass is 10.1. The van der Waals surface area contributed by atoms with E-state index in [1.807, 2.05) is 13.8 Å². The Labute approximate surface area is 109 Å². The minimum atomic E-state index is 0.123. The number of nitrogens with zero attached hydrogens (tertiary/aromatic N) is 2. The summed E-state index contributed by atoms with van der Waals surface area (Å²) in [6.07, 6.45) is 4.86. The Bertz CT molecular complexity index is 328. The van der Waals surface area contributed by atoms with Gasteiger partial charge in [-0.3, -0.25) is 0 Å². The molecule has 0 radical (unpaired) electrons. The van der Waals surface area contributed by atoms with E-state index in [2.05, 4.69) is 22.2 Å². The van der Waals surface area contributed by atoms with Crippen LogP contribution in [0.4, 0.5) is 0 Å². The van der Waals surface area contributed by atoms with Crippen LogP contribution in [0.15, 0.2) is 12.4 Å². The summed E-state index contributed by atoms with van der Waals surface area (Å²) < 4.78 is 10.6. The summed E-state index contributed by atoms with van der Waals surface area (Å²) in [5.41, 5.74) is 1.02. The van der Waals surface area contributed by atoms with Gasteiger partial charge in [0, 0.05) is 18.0 Å². The van der Waals surface area contributed by atoms with Gasteiger partial charge < -0.3 is 14.8 Å². The van der Waals surface area contributed by atoms with E-state index in [1.54, 1.807) is 19.5 Å². The van der Waals surface area contributed by atoms with Crippen LogP contribution in [-0.4, -0.2) is 36.3 Å². The maximum atomic E-state index is 5.66. The highest BCUT2D eigenvalue weighted by Crippen LogP contribution is 2.14. The van der Waals surface area contributed by atoms with Crippen molar-refractivity contribution < 1.29 is 9.47 Å². The smallest absolute Gasteiger partial charge is 0.316 e. The maximum absolute atomic E-state index is 5.66. The number of ether oxygens (including phenoxy) is 2.